The van der Waals surface area contributed by atoms with Crippen LogP contribution in [0.5, 0.6) is 0 Å². The van der Waals surface area contributed by atoms with E-state index in [2.05, 4.69) is 51.0 Å². The molecule has 1 N–H and O–H groups in total. The molecule has 2 rings (SSSR count). The highest BCUT2D eigenvalue weighted by Crippen LogP contribution is 2.38. The van der Waals surface area contributed by atoms with E-state index >= 15 is 0 Å². The Balaban J connectivity index is 2.36. The van der Waals surface area contributed by atoms with Crippen molar-refractivity contribution in [2.24, 2.45) is 5.41 Å². The molecule has 5 heteroatoms. The quantitative estimate of drug-likeness (QED) is 0.819. The van der Waals surface area contributed by atoms with Gasteiger partial charge in [-0.3, -0.25) is 0 Å². The molecule has 0 aromatic heterocycles. The lowest BCUT2D eigenvalue weighted by Crippen LogP contribution is -2.46. The molecule has 1 aromatic carbocycles. The van der Waals surface area contributed by atoms with Gasteiger partial charge < -0.3 is 10.1 Å². The Hall–Kier alpha value is -0.550. The summed E-state index contributed by atoms with van der Waals surface area (Å²) >= 11 is 6.91. The van der Waals surface area contributed by atoms with Crippen molar-refractivity contribution in [1.29, 1.82) is 0 Å². The number of nitrogens with one attached hydrogen (secondary N) is 1. The minimum Gasteiger partial charge on any atom is -0.449 e. The second kappa shape index (κ2) is 4.61. The van der Waals surface area contributed by atoms with Crippen LogP contribution in [0.3, 0.4) is 0 Å². The number of ether oxygens (including phenoxy) is 1. The zero-order chi connectivity index (χ0) is 12.6. The maximum atomic E-state index is 11.3. The van der Waals surface area contributed by atoms with Gasteiger partial charge in [-0.2, -0.15) is 0 Å². The molecule has 1 heterocycles. The van der Waals surface area contributed by atoms with Crippen LogP contribution in [0.25, 0.3) is 0 Å². The minimum atomic E-state index is -0.353. The predicted molar refractivity (Wildman–Crippen MR) is 72.8 cm³/mol. The van der Waals surface area contributed by atoms with E-state index in [9.17, 15) is 4.79 Å². The third-order valence-electron chi connectivity index (χ3n) is 2.90. The molecule has 0 saturated carbocycles. The second-order valence-corrected chi connectivity index (χ2v) is 6.52. The maximum Gasteiger partial charge on any atom is 0.407 e. The first kappa shape index (κ1) is 12.9. The van der Waals surface area contributed by atoms with Crippen molar-refractivity contribution in [2.75, 3.05) is 6.61 Å². The van der Waals surface area contributed by atoms with Crippen LogP contribution in [0.2, 0.25) is 0 Å². The Kier molecular flexibility index (Phi) is 3.50. The molecule has 0 unspecified atom stereocenters. The third-order valence-corrected chi connectivity index (χ3v) is 4.78. The van der Waals surface area contributed by atoms with E-state index < -0.39 is 0 Å². The van der Waals surface area contributed by atoms with Crippen LogP contribution in [0, 0.1) is 5.41 Å². The summed E-state index contributed by atoms with van der Waals surface area (Å²) < 4.78 is 7.00. The van der Waals surface area contributed by atoms with Gasteiger partial charge in [0.15, 0.2) is 0 Å². The Morgan fingerprint density at radius 2 is 2.06 bits per heavy atom. The van der Waals surface area contributed by atoms with E-state index in [0.29, 0.717) is 6.61 Å². The second-order valence-electron chi connectivity index (χ2n) is 4.82. The normalized spacial score (nSPS) is 22.8. The van der Waals surface area contributed by atoms with Gasteiger partial charge in [0.05, 0.1) is 6.04 Å². The van der Waals surface area contributed by atoms with Crippen molar-refractivity contribution in [2.45, 2.75) is 19.9 Å². The lowest BCUT2D eigenvalue weighted by Gasteiger charge is -2.38. The van der Waals surface area contributed by atoms with Crippen molar-refractivity contribution in [3.05, 3.63) is 32.7 Å². The van der Waals surface area contributed by atoms with E-state index in [1.54, 1.807) is 0 Å². The third kappa shape index (κ3) is 2.65. The SMILES string of the molecule is CC1(C)COC(=O)N[C@H]1c1ccc(Br)c(Br)c1. The molecular formula is C12H13Br2NO2. The van der Waals surface area contributed by atoms with E-state index in [1.807, 2.05) is 18.2 Å². The summed E-state index contributed by atoms with van der Waals surface area (Å²) in [5, 5.41) is 2.87. The number of hydrogen-bond acceptors (Lipinski definition) is 2. The van der Waals surface area contributed by atoms with Crippen molar-refractivity contribution >= 4 is 38.0 Å². The molecule has 1 amide bonds. The molecular weight excluding hydrogens is 350 g/mol. The first-order valence-electron chi connectivity index (χ1n) is 5.28. The molecule has 92 valence electrons. The number of halogens is 2. The van der Waals surface area contributed by atoms with Crippen molar-refractivity contribution in [3.63, 3.8) is 0 Å². The Morgan fingerprint density at radius 1 is 1.35 bits per heavy atom. The summed E-state index contributed by atoms with van der Waals surface area (Å²) in [7, 11) is 0. The highest BCUT2D eigenvalue weighted by atomic mass is 79.9. The van der Waals surface area contributed by atoms with Crippen LogP contribution in [-0.2, 0) is 4.74 Å². The summed E-state index contributed by atoms with van der Waals surface area (Å²) in [5.74, 6) is 0. The number of cyclic esters (lactones) is 1. The standard InChI is InChI=1S/C12H13Br2NO2/c1-12(2)6-17-11(16)15-10(12)7-3-4-8(13)9(14)5-7/h3-5,10H,6H2,1-2H3,(H,15,16)/t10-/m0/s1. The lowest BCUT2D eigenvalue weighted by molar-refractivity contribution is 0.0387. The van der Waals surface area contributed by atoms with E-state index in [4.69, 9.17) is 4.74 Å². The molecule has 0 aliphatic carbocycles. The van der Waals surface area contributed by atoms with Gasteiger partial charge in [0.25, 0.3) is 0 Å². The number of benzene rings is 1. The van der Waals surface area contributed by atoms with Crippen LogP contribution in [-0.4, -0.2) is 12.7 Å². The summed E-state index contributed by atoms with van der Waals surface area (Å²) in [5.41, 5.74) is 0.947. The Bertz CT molecular complexity index is 460. The Morgan fingerprint density at radius 3 is 2.71 bits per heavy atom. The number of rotatable bonds is 1. The van der Waals surface area contributed by atoms with Gasteiger partial charge in [0.1, 0.15) is 6.61 Å². The van der Waals surface area contributed by atoms with Crippen LogP contribution >= 0.6 is 31.9 Å². The van der Waals surface area contributed by atoms with Gasteiger partial charge in [-0.05, 0) is 49.6 Å². The van der Waals surface area contributed by atoms with Gasteiger partial charge in [-0.1, -0.05) is 19.9 Å². The molecule has 1 aliphatic rings. The van der Waals surface area contributed by atoms with Gasteiger partial charge in [-0.25, -0.2) is 4.79 Å². The fourth-order valence-electron chi connectivity index (χ4n) is 1.92. The zero-order valence-electron chi connectivity index (χ0n) is 9.59. The molecule has 0 spiro atoms. The molecule has 0 bridgehead atoms. The van der Waals surface area contributed by atoms with Gasteiger partial charge in [-0.15, -0.1) is 0 Å². The monoisotopic (exact) mass is 361 g/mol. The molecule has 1 fully saturated rings. The summed E-state index contributed by atoms with van der Waals surface area (Å²) in [6.07, 6.45) is -0.353. The highest BCUT2D eigenvalue weighted by Gasteiger charge is 2.37. The van der Waals surface area contributed by atoms with Crippen molar-refractivity contribution < 1.29 is 9.53 Å². The summed E-state index contributed by atoms with van der Waals surface area (Å²) in [6, 6.07) is 5.96. The number of alkyl carbamates (subject to hydrolysis) is 1. The highest BCUT2D eigenvalue weighted by molar-refractivity contribution is 9.13. The topological polar surface area (TPSA) is 38.3 Å². The number of hydrogen-bond donors (Lipinski definition) is 1. The smallest absolute Gasteiger partial charge is 0.407 e. The average molecular weight is 363 g/mol. The van der Waals surface area contributed by atoms with E-state index in [1.165, 1.54) is 0 Å². The number of amides is 1. The van der Waals surface area contributed by atoms with Crippen LogP contribution in [0.1, 0.15) is 25.5 Å². The average Bonchev–Trinajstić information content (AvgIpc) is 2.26. The predicted octanol–water partition coefficient (Wildman–Crippen LogP) is 4.02. The van der Waals surface area contributed by atoms with E-state index in [0.717, 1.165) is 14.5 Å². The first-order valence-corrected chi connectivity index (χ1v) is 6.87. The van der Waals surface area contributed by atoms with Crippen LogP contribution < -0.4 is 5.32 Å². The lowest BCUT2D eigenvalue weighted by atomic mass is 9.80. The fourth-order valence-corrected chi connectivity index (χ4v) is 2.56. The molecule has 1 atom stereocenters. The van der Waals surface area contributed by atoms with Crippen LogP contribution in [0.4, 0.5) is 4.79 Å². The molecule has 1 saturated heterocycles. The Labute approximate surface area is 117 Å². The van der Waals surface area contributed by atoms with Gasteiger partial charge >= 0.3 is 6.09 Å². The summed E-state index contributed by atoms with van der Waals surface area (Å²) in [6.45, 7) is 4.58. The zero-order valence-corrected chi connectivity index (χ0v) is 12.8. The molecule has 3 nitrogen and oxygen atoms in total. The largest absolute Gasteiger partial charge is 0.449 e. The van der Waals surface area contributed by atoms with Crippen LogP contribution in [0.15, 0.2) is 27.1 Å². The van der Waals surface area contributed by atoms with Gasteiger partial charge in [0.2, 0.25) is 0 Å². The first-order chi connectivity index (χ1) is 7.90. The van der Waals surface area contributed by atoms with Crippen molar-refractivity contribution in [1.82, 2.24) is 5.32 Å². The van der Waals surface area contributed by atoms with Crippen molar-refractivity contribution in [3.8, 4) is 0 Å². The number of carbonyl (C=O) groups excluding carboxylic acids is 1. The summed E-state index contributed by atoms with van der Waals surface area (Å²) in [4.78, 5) is 11.3. The minimum absolute atomic E-state index is 0.0341. The maximum absolute atomic E-state index is 11.3. The molecule has 1 aromatic rings. The molecule has 1 aliphatic heterocycles. The molecule has 0 radical (unpaired) electrons. The fraction of sp³-hybridized carbons (Fsp3) is 0.417. The number of carbonyl (C=O) groups is 1. The van der Waals surface area contributed by atoms with E-state index in [-0.39, 0.29) is 17.6 Å². The van der Waals surface area contributed by atoms with Gasteiger partial charge in [0, 0.05) is 14.4 Å². The molecule has 17 heavy (non-hydrogen) atoms.